The SMILES string of the molecule is Cc1cc2ccccc2n1CCCNC(=O)COc1ccccc1F. The minimum absolute atomic E-state index is 0.0899. The van der Waals surface area contributed by atoms with Crippen LogP contribution in [-0.4, -0.2) is 23.6 Å². The fourth-order valence-electron chi connectivity index (χ4n) is 2.87. The number of nitrogens with one attached hydrogen (secondary N) is 1. The molecule has 0 saturated heterocycles. The molecule has 0 aliphatic rings. The molecule has 130 valence electrons. The van der Waals surface area contributed by atoms with E-state index < -0.39 is 5.82 Å². The standard InChI is InChI=1S/C20H21FN2O2/c1-15-13-16-7-2-4-9-18(16)23(15)12-6-11-22-20(24)14-25-19-10-5-3-8-17(19)21/h2-5,7-10,13H,6,11-12,14H2,1H3,(H,22,24). The highest BCUT2D eigenvalue weighted by Crippen LogP contribution is 2.19. The summed E-state index contributed by atoms with van der Waals surface area (Å²) < 4.78 is 20.8. The minimum atomic E-state index is -0.467. The second-order valence-corrected chi connectivity index (χ2v) is 5.92. The predicted molar refractivity (Wildman–Crippen MR) is 96.2 cm³/mol. The van der Waals surface area contributed by atoms with Gasteiger partial charge in [0.1, 0.15) is 0 Å². The maximum atomic E-state index is 13.4. The van der Waals surface area contributed by atoms with E-state index in [1.54, 1.807) is 12.1 Å². The number of hydrogen-bond acceptors (Lipinski definition) is 2. The number of aromatic nitrogens is 1. The van der Waals surface area contributed by atoms with Gasteiger partial charge in [0.05, 0.1) is 0 Å². The molecule has 0 atom stereocenters. The molecule has 1 amide bonds. The molecular formula is C20H21FN2O2. The van der Waals surface area contributed by atoms with Crippen LogP contribution in [0.2, 0.25) is 0 Å². The van der Waals surface area contributed by atoms with Gasteiger partial charge in [-0.2, -0.15) is 0 Å². The quantitative estimate of drug-likeness (QED) is 0.667. The van der Waals surface area contributed by atoms with E-state index in [1.165, 1.54) is 28.7 Å². The molecule has 0 fully saturated rings. The number of rotatable bonds is 7. The molecule has 1 heterocycles. The van der Waals surface area contributed by atoms with Crippen molar-refractivity contribution in [1.82, 2.24) is 9.88 Å². The molecule has 25 heavy (non-hydrogen) atoms. The molecule has 4 nitrogen and oxygen atoms in total. The van der Waals surface area contributed by atoms with Gasteiger partial charge in [-0.15, -0.1) is 0 Å². The normalized spacial score (nSPS) is 10.8. The number of hydrogen-bond donors (Lipinski definition) is 1. The zero-order valence-electron chi connectivity index (χ0n) is 14.2. The van der Waals surface area contributed by atoms with Crippen LogP contribution < -0.4 is 10.1 Å². The van der Waals surface area contributed by atoms with E-state index in [9.17, 15) is 9.18 Å². The number of halogens is 1. The molecule has 2 aromatic carbocycles. The van der Waals surface area contributed by atoms with Gasteiger partial charge >= 0.3 is 0 Å². The summed E-state index contributed by atoms with van der Waals surface area (Å²) in [6.07, 6.45) is 0.810. The Bertz CT molecular complexity index is 873. The Hall–Kier alpha value is -2.82. The zero-order chi connectivity index (χ0) is 17.6. The first kappa shape index (κ1) is 17.0. The van der Waals surface area contributed by atoms with Gasteiger partial charge in [-0.05, 0) is 43.0 Å². The predicted octanol–water partition coefficient (Wildman–Crippen LogP) is 3.67. The van der Waals surface area contributed by atoms with E-state index in [-0.39, 0.29) is 18.3 Å². The molecule has 0 saturated carbocycles. The summed E-state index contributed by atoms with van der Waals surface area (Å²) in [5.41, 5.74) is 2.41. The number of fused-ring (bicyclic) bond motifs is 1. The largest absolute Gasteiger partial charge is 0.481 e. The van der Waals surface area contributed by atoms with Gasteiger partial charge in [0.2, 0.25) is 0 Å². The number of carbonyl (C=O) groups excluding carboxylic acids is 1. The van der Waals surface area contributed by atoms with Crippen molar-refractivity contribution in [1.29, 1.82) is 0 Å². The van der Waals surface area contributed by atoms with Gasteiger partial charge in [0, 0.05) is 24.3 Å². The van der Waals surface area contributed by atoms with Crippen molar-refractivity contribution in [3.05, 3.63) is 66.1 Å². The van der Waals surface area contributed by atoms with Gasteiger partial charge < -0.3 is 14.6 Å². The molecule has 0 aliphatic heterocycles. The van der Waals surface area contributed by atoms with Crippen LogP contribution in [0.1, 0.15) is 12.1 Å². The lowest BCUT2D eigenvalue weighted by molar-refractivity contribution is -0.123. The summed E-state index contributed by atoms with van der Waals surface area (Å²) in [5, 5.41) is 4.03. The number of para-hydroxylation sites is 2. The van der Waals surface area contributed by atoms with Crippen molar-refractivity contribution in [3.8, 4) is 5.75 Å². The average Bonchev–Trinajstić information content (AvgIpc) is 2.93. The van der Waals surface area contributed by atoms with E-state index >= 15 is 0 Å². The molecule has 3 rings (SSSR count). The lowest BCUT2D eigenvalue weighted by Crippen LogP contribution is -2.30. The summed E-state index contributed by atoms with van der Waals surface area (Å²) >= 11 is 0. The van der Waals surface area contributed by atoms with E-state index in [1.807, 2.05) is 12.1 Å². The topological polar surface area (TPSA) is 43.3 Å². The van der Waals surface area contributed by atoms with Crippen molar-refractivity contribution < 1.29 is 13.9 Å². The highest BCUT2D eigenvalue weighted by atomic mass is 19.1. The maximum absolute atomic E-state index is 13.4. The van der Waals surface area contributed by atoms with Crippen LogP contribution in [0.3, 0.4) is 0 Å². The van der Waals surface area contributed by atoms with Gasteiger partial charge in [-0.25, -0.2) is 4.39 Å². The Morgan fingerprint density at radius 1 is 1.16 bits per heavy atom. The number of amides is 1. The van der Waals surface area contributed by atoms with Crippen molar-refractivity contribution in [2.24, 2.45) is 0 Å². The van der Waals surface area contributed by atoms with Crippen LogP contribution in [0.25, 0.3) is 10.9 Å². The summed E-state index contributed by atoms with van der Waals surface area (Å²) in [5.74, 6) is -0.630. The zero-order valence-corrected chi connectivity index (χ0v) is 14.2. The molecule has 0 bridgehead atoms. The number of benzene rings is 2. The third-order valence-corrected chi connectivity index (χ3v) is 4.09. The highest BCUT2D eigenvalue weighted by molar-refractivity contribution is 5.81. The second kappa shape index (κ2) is 7.83. The Kier molecular flexibility index (Phi) is 5.33. The Morgan fingerprint density at radius 3 is 2.76 bits per heavy atom. The monoisotopic (exact) mass is 340 g/mol. The summed E-state index contributed by atoms with van der Waals surface area (Å²) in [6, 6.07) is 16.5. The van der Waals surface area contributed by atoms with Crippen molar-refractivity contribution in [2.45, 2.75) is 19.9 Å². The summed E-state index contributed by atoms with van der Waals surface area (Å²) in [6.45, 7) is 3.27. The first-order chi connectivity index (χ1) is 12.1. The molecule has 5 heteroatoms. The Labute approximate surface area is 146 Å². The van der Waals surface area contributed by atoms with Crippen molar-refractivity contribution >= 4 is 16.8 Å². The fraction of sp³-hybridized carbons (Fsp3) is 0.250. The molecule has 0 unspecified atom stereocenters. The van der Waals surface area contributed by atoms with E-state index in [2.05, 4.69) is 35.0 Å². The lowest BCUT2D eigenvalue weighted by Gasteiger charge is -2.10. The third-order valence-electron chi connectivity index (χ3n) is 4.09. The highest BCUT2D eigenvalue weighted by Gasteiger charge is 2.07. The fourth-order valence-corrected chi connectivity index (χ4v) is 2.87. The lowest BCUT2D eigenvalue weighted by atomic mass is 10.2. The second-order valence-electron chi connectivity index (χ2n) is 5.92. The summed E-state index contributed by atoms with van der Waals surface area (Å²) in [7, 11) is 0. The van der Waals surface area contributed by atoms with E-state index in [0.29, 0.717) is 6.54 Å². The number of ether oxygens (including phenoxy) is 1. The molecule has 0 radical (unpaired) electrons. The van der Waals surface area contributed by atoms with Crippen LogP contribution in [-0.2, 0) is 11.3 Å². The van der Waals surface area contributed by atoms with Crippen LogP contribution in [0.5, 0.6) is 5.75 Å². The van der Waals surface area contributed by atoms with E-state index in [0.717, 1.165) is 13.0 Å². The van der Waals surface area contributed by atoms with Gasteiger partial charge in [0.25, 0.3) is 5.91 Å². The van der Waals surface area contributed by atoms with Crippen molar-refractivity contribution in [2.75, 3.05) is 13.2 Å². The molecule has 1 aromatic heterocycles. The molecular weight excluding hydrogens is 319 g/mol. The van der Waals surface area contributed by atoms with Crippen LogP contribution >= 0.6 is 0 Å². The first-order valence-corrected chi connectivity index (χ1v) is 8.34. The van der Waals surface area contributed by atoms with Crippen LogP contribution in [0.15, 0.2) is 54.6 Å². The minimum Gasteiger partial charge on any atom is -0.481 e. The van der Waals surface area contributed by atoms with Crippen LogP contribution in [0, 0.1) is 12.7 Å². The Balaban J connectivity index is 1.44. The number of carbonyl (C=O) groups is 1. The maximum Gasteiger partial charge on any atom is 0.257 e. The number of aryl methyl sites for hydroxylation is 2. The summed E-state index contributed by atoms with van der Waals surface area (Å²) in [4.78, 5) is 11.8. The molecule has 0 spiro atoms. The molecule has 3 aromatic rings. The first-order valence-electron chi connectivity index (χ1n) is 8.34. The average molecular weight is 340 g/mol. The van der Waals surface area contributed by atoms with Gasteiger partial charge in [-0.3, -0.25) is 4.79 Å². The number of nitrogens with zero attached hydrogens (tertiary/aromatic N) is 1. The Morgan fingerprint density at radius 2 is 1.92 bits per heavy atom. The smallest absolute Gasteiger partial charge is 0.257 e. The van der Waals surface area contributed by atoms with Crippen molar-refractivity contribution in [3.63, 3.8) is 0 Å². The van der Waals surface area contributed by atoms with Crippen LogP contribution in [0.4, 0.5) is 4.39 Å². The molecule has 1 N–H and O–H groups in total. The third kappa shape index (κ3) is 4.18. The van der Waals surface area contributed by atoms with E-state index in [4.69, 9.17) is 4.74 Å². The van der Waals surface area contributed by atoms with Gasteiger partial charge in [-0.1, -0.05) is 30.3 Å². The molecule has 0 aliphatic carbocycles. The van der Waals surface area contributed by atoms with Gasteiger partial charge in [0.15, 0.2) is 18.2 Å².